The summed E-state index contributed by atoms with van der Waals surface area (Å²) in [6.07, 6.45) is 9.33. The van der Waals surface area contributed by atoms with Crippen molar-refractivity contribution in [3.8, 4) is 0 Å². The molecule has 0 radical (unpaired) electrons. The largest absolute Gasteiger partial charge is 0.478 e. The van der Waals surface area contributed by atoms with Gasteiger partial charge in [-0.15, -0.1) is 6.58 Å². The Morgan fingerprint density at radius 1 is 0.913 bits per heavy atom. The molecule has 2 N–H and O–H groups in total. The molecule has 0 saturated heterocycles. The Morgan fingerprint density at radius 3 is 1.83 bits per heavy atom. The van der Waals surface area contributed by atoms with Crippen molar-refractivity contribution in [1.29, 1.82) is 0 Å². The molecule has 0 amide bonds. The molecule has 0 bridgehead atoms. The molecule has 0 aliphatic heterocycles. The van der Waals surface area contributed by atoms with Gasteiger partial charge in [-0.2, -0.15) is 0 Å². The molecule has 0 spiro atoms. The Bertz CT molecular complexity index is 394. The van der Waals surface area contributed by atoms with E-state index in [0.717, 1.165) is 18.8 Å². The number of hydrogen-bond donors (Lipinski definition) is 2. The number of carboxylic acid groups (broad SMARTS) is 2. The predicted molar refractivity (Wildman–Crippen MR) is 95.5 cm³/mol. The fraction of sp³-hybridized carbons (Fsp3) is 0.579. The monoisotopic (exact) mass is 324 g/mol. The van der Waals surface area contributed by atoms with Gasteiger partial charge in [-0.3, -0.25) is 0 Å². The van der Waals surface area contributed by atoms with Crippen LogP contribution in [0.5, 0.6) is 0 Å². The highest BCUT2D eigenvalue weighted by Crippen LogP contribution is 2.12. The molecule has 4 nitrogen and oxygen atoms in total. The van der Waals surface area contributed by atoms with Gasteiger partial charge in [-0.05, 0) is 31.6 Å². The summed E-state index contributed by atoms with van der Waals surface area (Å²) in [6.45, 7) is 14.8. The standard InChI is InChI=1S/C12H22O2.C7H10O2/c1-10(2)8-6-4-5-7-9-11(3)12(13)14;1-3-4-5-6(2)7(8)9/h10H,3-9H2,1-2H3,(H,13,14);3H,1-2,4-5H2,(H,8,9). The number of aliphatic carboxylic acids is 2. The molecule has 0 saturated carbocycles. The minimum atomic E-state index is -0.920. The molecule has 0 aliphatic rings. The smallest absolute Gasteiger partial charge is 0.330 e. The second-order valence-corrected chi connectivity index (χ2v) is 5.99. The first-order valence-corrected chi connectivity index (χ1v) is 8.15. The minimum Gasteiger partial charge on any atom is -0.478 e. The molecule has 0 aromatic rings. The van der Waals surface area contributed by atoms with Crippen molar-refractivity contribution >= 4 is 11.9 Å². The summed E-state index contributed by atoms with van der Waals surface area (Å²) in [7, 11) is 0. The fourth-order valence-electron chi connectivity index (χ4n) is 1.73. The van der Waals surface area contributed by atoms with Gasteiger partial charge in [0.1, 0.15) is 0 Å². The lowest BCUT2D eigenvalue weighted by Gasteiger charge is -2.04. The van der Waals surface area contributed by atoms with Crippen molar-refractivity contribution in [2.24, 2.45) is 5.92 Å². The third-order valence-corrected chi connectivity index (χ3v) is 3.27. The summed E-state index contributed by atoms with van der Waals surface area (Å²) in [5, 5.41) is 16.8. The molecular weight excluding hydrogens is 292 g/mol. The number of allylic oxidation sites excluding steroid dienone is 1. The zero-order valence-corrected chi connectivity index (χ0v) is 14.6. The van der Waals surface area contributed by atoms with E-state index in [9.17, 15) is 9.59 Å². The van der Waals surface area contributed by atoms with E-state index in [0.29, 0.717) is 24.8 Å². The molecule has 23 heavy (non-hydrogen) atoms. The number of rotatable bonds is 12. The summed E-state index contributed by atoms with van der Waals surface area (Å²) >= 11 is 0. The lowest BCUT2D eigenvalue weighted by Crippen LogP contribution is -1.98. The SMILES string of the molecule is C=C(CCCCCCC(C)C)C(=O)O.C=CCCC(=C)C(=O)O. The van der Waals surface area contributed by atoms with Crippen LogP contribution in [-0.4, -0.2) is 22.2 Å². The highest BCUT2D eigenvalue weighted by Gasteiger charge is 2.02. The van der Waals surface area contributed by atoms with Crippen LogP contribution < -0.4 is 0 Å². The van der Waals surface area contributed by atoms with Gasteiger partial charge in [-0.1, -0.05) is 58.8 Å². The molecule has 4 heteroatoms. The van der Waals surface area contributed by atoms with E-state index in [2.05, 4.69) is 33.6 Å². The molecule has 132 valence electrons. The summed E-state index contributed by atoms with van der Waals surface area (Å²) in [5.41, 5.74) is 0.587. The first-order valence-electron chi connectivity index (χ1n) is 8.15. The van der Waals surface area contributed by atoms with E-state index < -0.39 is 11.9 Å². The Balaban J connectivity index is 0. The Kier molecular flexibility index (Phi) is 15.4. The van der Waals surface area contributed by atoms with Gasteiger partial charge in [0.2, 0.25) is 0 Å². The Morgan fingerprint density at radius 2 is 1.39 bits per heavy atom. The average Bonchev–Trinajstić information content (AvgIpc) is 2.48. The molecule has 0 unspecified atom stereocenters. The van der Waals surface area contributed by atoms with Crippen molar-refractivity contribution < 1.29 is 19.8 Å². The van der Waals surface area contributed by atoms with E-state index in [1.807, 2.05) is 0 Å². The van der Waals surface area contributed by atoms with Crippen LogP contribution in [0.2, 0.25) is 0 Å². The maximum absolute atomic E-state index is 10.4. The van der Waals surface area contributed by atoms with Crippen molar-refractivity contribution in [1.82, 2.24) is 0 Å². The molecule has 0 fully saturated rings. The van der Waals surface area contributed by atoms with E-state index in [-0.39, 0.29) is 5.57 Å². The van der Waals surface area contributed by atoms with Crippen LogP contribution in [0.4, 0.5) is 0 Å². The first kappa shape index (κ1) is 23.4. The van der Waals surface area contributed by atoms with Gasteiger partial charge in [0.25, 0.3) is 0 Å². The Hall–Kier alpha value is -1.84. The second-order valence-electron chi connectivity index (χ2n) is 5.99. The first-order chi connectivity index (χ1) is 10.7. The van der Waals surface area contributed by atoms with Crippen LogP contribution in [0.25, 0.3) is 0 Å². The zero-order valence-electron chi connectivity index (χ0n) is 14.6. The second kappa shape index (κ2) is 15.1. The van der Waals surface area contributed by atoms with Gasteiger partial charge in [0, 0.05) is 11.1 Å². The summed E-state index contributed by atoms with van der Waals surface area (Å²) < 4.78 is 0. The maximum Gasteiger partial charge on any atom is 0.330 e. The molecule has 0 aromatic carbocycles. The van der Waals surface area contributed by atoms with Gasteiger partial charge in [-0.25, -0.2) is 9.59 Å². The predicted octanol–water partition coefficient (Wildman–Crippen LogP) is 5.22. The normalized spacial score (nSPS) is 9.70. The number of carbonyl (C=O) groups is 2. The third-order valence-electron chi connectivity index (χ3n) is 3.27. The summed E-state index contributed by atoms with van der Waals surface area (Å²) in [5.74, 6) is -0.993. The third kappa shape index (κ3) is 18.1. The van der Waals surface area contributed by atoms with Crippen LogP contribution in [0.3, 0.4) is 0 Å². The minimum absolute atomic E-state index is 0.245. The Labute approximate surface area is 140 Å². The average molecular weight is 324 g/mol. The van der Waals surface area contributed by atoms with Crippen LogP contribution in [0, 0.1) is 5.92 Å². The maximum atomic E-state index is 10.4. The highest BCUT2D eigenvalue weighted by atomic mass is 16.4. The lowest BCUT2D eigenvalue weighted by molar-refractivity contribution is -0.133. The molecule has 0 aliphatic carbocycles. The topological polar surface area (TPSA) is 74.6 Å². The van der Waals surface area contributed by atoms with Gasteiger partial charge in [0.05, 0.1) is 0 Å². The molecule has 0 aromatic heterocycles. The van der Waals surface area contributed by atoms with Gasteiger partial charge in [0.15, 0.2) is 0 Å². The van der Waals surface area contributed by atoms with Crippen molar-refractivity contribution in [2.75, 3.05) is 0 Å². The van der Waals surface area contributed by atoms with Crippen molar-refractivity contribution in [3.05, 3.63) is 37.0 Å². The fourth-order valence-corrected chi connectivity index (χ4v) is 1.73. The molecule has 0 rings (SSSR count). The molecule has 0 atom stereocenters. The quantitative estimate of drug-likeness (QED) is 0.293. The van der Waals surface area contributed by atoms with Gasteiger partial charge >= 0.3 is 11.9 Å². The van der Waals surface area contributed by atoms with Gasteiger partial charge < -0.3 is 10.2 Å². The van der Waals surface area contributed by atoms with E-state index >= 15 is 0 Å². The number of unbranched alkanes of at least 4 members (excludes halogenated alkanes) is 3. The van der Waals surface area contributed by atoms with Crippen LogP contribution in [-0.2, 0) is 9.59 Å². The van der Waals surface area contributed by atoms with Crippen molar-refractivity contribution in [3.63, 3.8) is 0 Å². The highest BCUT2D eigenvalue weighted by molar-refractivity contribution is 5.86. The van der Waals surface area contributed by atoms with Crippen LogP contribution in [0.1, 0.15) is 65.2 Å². The van der Waals surface area contributed by atoms with E-state index in [1.54, 1.807) is 6.08 Å². The number of carboxylic acids is 2. The molecular formula is C19H32O4. The van der Waals surface area contributed by atoms with Crippen molar-refractivity contribution in [2.45, 2.75) is 65.2 Å². The van der Waals surface area contributed by atoms with E-state index in [1.165, 1.54) is 19.3 Å². The lowest BCUT2D eigenvalue weighted by atomic mass is 10.0. The molecule has 0 heterocycles. The summed E-state index contributed by atoms with van der Waals surface area (Å²) in [4.78, 5) is 20.5. The number of hydrogen-bond acceptors (Lipinski definition) is 2. The summed E-state index contributed by atoms with van der Waals surface area (Å²) in [6, 6.07) is 0. The zero-order chi connectivity index (χ0) is 18.3. The van der Waals surface area contributed by atoms with Crippen LogP contribution in [0.15, 0.2) is 37.0 Å². The van der Waals surface area contributed by atoms with E-state index in [4.69, 9.17) is 10.2 Å². The van der Waals surface area contributed by atoms with Crippen LogP contribution >= 0.6 is 0 Å².